The van der Waals surface area contributed by atoms with Crippen molar-refractivity contribution in [3.63, 3.8) is 0 Å². The Balaban J connectivity index is 2.43. The van der Waals surface area contributed by atoms with E-state index in [1.54, 1.807) is 6.07 Å². The lowest BCUT2D eigenvalue weighted by Gasteiger charge is -2.32. The van der Waals surface area contributed by atoms with Crippen LogP contribution in [-0.2, 0) is 11.8 Å². The molecule has 1 unspecified atom stereocenters. The molecule has 2 aromatic carbocycles. The molecule has 0 heterocycles. The van der Waals surface area contributed by atoms with E-state index in [-0.39, 0.29) is 0 Å². The van der Waals surface area contributed by atoms with Crippen LogP contribution in [0.5, 0.6) is 0 Å². The Kier molecular flexibility index (Phi) is 5.76. The number of nitrogens with two attached hydrogens (primary N) is 1. The Morgan fingerprint density at radius 1 is 1.05 bits per heavy atom. The molecule has 0 saturated heterocycles. The van der Waals surface area contributed by atoms with Gasteiger partial charge < -0.3 is 10.8 Å². The second kappa shape index (κ2) is 7.20. The van der Waals surface area contributed by atoms with Gasteiger partial charge in [0.1, 0.15) is 6.23 Å². The topological polar surface area (TPSA) is 46.2 Å². The van der Waals surface area contributed by atoms with Crippen LogP contribution in [0.25, 0.3) is 0 Å². The highest BCUT2D eigenvalue weighted by atomic mass is 35.5. The monoisotopic (exact) mass is 357 g/mol. The summed E-state index contributed by atoms with van der Waals surface area (Å²) in [6.07, 6.45) is 0.0941. The first-order chi connectivity index (χ1) is 10.3. The summed E-state index contributed by atoms with van der Waals surface area (Å²) in [5, 5.41) is 11.4. The van der Waals surface area contributed by atoms with Crippen LogP contribution in [-0.4, -0.2) is 11.3 Å². The van der Waals surface area contributed by atoms with Gasteiger partial charge in [0.05, 0.1) is 10.0 Å². The molecule has 0 spiro atoms. The third kappa shape index (κ3) is 4.15. The van der Waals surface area contributed by atoms with Gasteiger partial charge >= 0.3 is 0 Å². The van der Waals surface area contributed by atoms with Crippen LogP contribution in [0, 0.1) is 0 Å². The lowest BCUT2D eigenvalue weighted by molar-refractivity contribution is 0.140. The minimum absolute atomic E-state index is 0.385. The highest BCUT2D eigenvalue weighted by Gasteiger charge is 2.30. The van der Waals surface area contributed by atoms with Gasteiger partial charge in [0.25, 0.3) is 0 Å². The van der Waals surface area contributed by atoms with Gasteiger partial charge in [-0.2, -0.15) is 0 Å². The maximum atomic E-state index is 9.71. The molecule has 0 fully saturated rings. The van der Waals surface area contributed by atoms with Gasteiger partial charge in [0.2, 0.25) is 0 Å². The SMILES string of the molecule is CC(Cc1ccccc1Cl)(C[C@H](N)O)c1ccc(Cl)c(Cl)c1. The van der Waals surface area contributed by atoms with Gasteiger partial charge in [-0.1, -0.05) is 66.0 Å². The molecular weight excluding hydrogens is 341 g/mol. The molecule has 2 aromatic rings. The van der Waals surface area contributed by atoms with Crippen molar-refractivity contribution in [3.8, 4) is 0 Å². The number of benzene rings is 2. The first kappa shape index (κ1) is 17.6. The summed E-state index contributed by atoms with van der Waals surface area (Å²) in [6.45, 7) is 2.03. The molecule has 0 aliphatic heterocycles. The smallest absolute Gasteiger partial charge is 0.103 e. The van der Waals surface area contributed by atoms with Gasteiger partial charge in [0.15, 0.2) is 0 Å². The number of hydrogen-bond donors (Lipinski definition) is 2. The molecule has 0 aromatic heterocycles. The zero-order chi connectivity index (χ0) is 16.3. The van der Waals surface area contributed by atoms with Crippen molar-refractivity contribution >= 4 is 34.8 Å². The molecule has 3 N–H and O–H groups in total. The fourth-order valence-corrected chi connectivity index (χ4v) is 3.19. The standard InChI is InChI=1S/C17H18Cl3NO/c1-17(10-16(21)22,9-11-4-2-3-5-13(11)18)12-6-7-14(19)15(20)8-12/h2-8,16,22H,9-10,21H2,1H3/t16-,17?/m1/s1. The van der Waals surface area contributed by atoms with Crippen LogP contribution >= 0.6 is 34.8 Å². The number of aliphatic hydroxyl groups is 1. The van der Waals surface area contributed by atoms with Crippen molar-refractivity contribution < 1.29 is 5.11 Å². The highest BCUT2D eigenvalue weighted by Crippen LogP contribution is 2.37. The molecule has 22 heavy (non-hydrogen) atoms. The number of rotatable bonds is 5. The fraction of sp³-hybridized carbons (Fsp3) is 0.294. The molecule has 2 nitrogen and oxygen atoms in total. The zero-order valence-corrected chi connectivity index (χ0v) is 14.5. The van der Waals surface area contributed by atoms with Crippen LogP contribution in [0.2, 0.25) is 15.1 Å². The number of aliphatic hydroxyl groups excluding tert-OH is 1. The first-order valence-electron chi connectivity index (χ1n) is 6.94. The Morgan fingerprint density at radius 3 is 2.32 bits per heavy atom. The summed E-state index contributed by atoms with van der Waals surface area (Å²) < 4.78 is 0. The van der Waals surface area contributed by atoms with Gasteiger partial charge in [0, 0.05) is 10.4 Å². The number of halogens is 3. The van der Waals surface area contributed by atoms with Gasteiger partial charge in [-0.05, 0) is 42.2 Å². The Hall–Kier alpha value is -0.770. The zero-order valence-electron chi connectivity index (χ0n) is 12.2. The molecule has 0 aliphatic rings. The molecule has 0 amide bonds. The Morgan fingerprint density at radius 2 is 1.73 bits per heavy atom. The average molecular weight is 359 g/mol. The van der Waals surface area contributed by atoms with E-state index in [1.807, 2.05) is 43.3 Å². The van der Waals surface area contributed by atoms with Crippen molar-refractivity contribution in [2.24, 2.45) is 5.73 Å². The third-order valence-corrected chi connectivity index (χ3v) is 4.92. The van der Waals surface area contributed by atoms with E-state index in [4.69, 9.17) is 40.5 Å². The van der Waals surface area contributed by atoms with Crippen LogP contribution in [0.3, 0.4) is 0 Å². The van der Waals surface area contributed by atoms with E-state index in [0.29, 0.717) is 27.9 Å². The maximum Gasteiger partial charge on any atom is 0.103 e. The Bertz CT molecular complexity index is 660. The molecule has 2 rings (SSSR count). The van der Waals surface area contributed by atoms with E-state index in [1.165, 1.54) is 0 Å². The Labute approximate surface area is 145 Å². The van der Waals surface area contributed by atoms with Gasteiger partial charge in [-0.15, -0.1) is 0 Å². The summed E-state index contributed by atoms with van der Waals surface area (Å²) in [4.78, 5) is 0. The normalized spacial score (nSPS) is 15.4. The molecule has 0 radical (unpaired) electrons. The van der Waals surface area contributed by atoms with Gasteiger partial charge in [-0.3, -0.25) is 0 Å². The van der Waals surface area contributed by atoms with Crippen molar-refractivity contribution in [1.82, 2.24) is 0 Å². The van der Waals surface area contributed by atoms with Crippen LogP contribution in [0.15, 0.2) is 42.5 Å². The van der Waals surface area contributed by atoms with Crippen molar-refractivity contribution in [3.05, 3.63) is 68.7 Å². The second-order valence-corrected chi connectivity index (χ2v) is 6.95. The summed E-state index contributed by atoms with van der Waals surface area (Å²) in [7, 11) is 0. The van der Waals surface area contributed by atoms with E-state index in [2.05, 4.69) is 0 Å². The lowest BCUT2D eigenvalue weighted by Crippen LogP contribution is -2.34. The molecule has 0 saturated carbocycles. The molecule has 5 heteroatoms. The summed E-state index contributed by atoms with van der Waals surface area (Å²) in [5.74, 6) is 0. The fourth-order valence-electron chi connectivity index (χ4n) is 2.69. The molecule has 2 atom stereocenters. The van der Waals surface area contributed by atoms with Crippen LogP contribution < -0.4 is 5.73 Å². The molecule has 118 valence electrons. The minimum Gasteiger partial charge on any atom is -0.379 e. The summed E-state index contributed by atoms with van der Waals surface area (Å²) in [5.41, 5.74) is 7.19. The van der Waals surface area contributed by atoms with E-state index in [0.717, 1.165) is 11.1 Å². The van der Waals surface area contributed by atoms with Crippen LogP contribution in [0.1, 0.15) is 24.5 Å². The van der Waals surface area contributed by atoms with E-state index in [9.17, 15) is 5.11 Å². The second-order valence-electron chi connectivity index (χ2n) is 5.73. The largest absolute Gasteiger partial charge is 0.379 e. The lowest BCUT2D eigenvalue weighted by atomic mass is 9.74. The average Bonchev–Trinajstić information content (AvgIpc) is 2.43. The van der Waals surface area contributed by atoms with Crippen LogP contribution in [0.4, 0.5) is 0 Å². The van der Waals surface area contributed by atoms with Crippen molar-refractivity contribution in [1.29, 1.82) is 0 Å². The quantitative estimate of drug-likeness (QED) is 0.753. The van der Waals surface area contributed by atoms with E-state index >= 15 is 0 Å². The van der Waals surface area contributed by atoms with E-state index < -0.39 is 11.6 Å². The third-order valence-electron chi connectivity index (χ3n) is 3.81. The maximum absolute atomic E-state index is 9.71. The summed E-state index contributed by atoms with van der Waals surface area (Å²) >= 11 is 18.4. The predicted octanol–water partition coefficient (Wildman–Crippen LogP) is 4.81. The van der Waals surface area contributed by atoms with Crippen molar-refractivity contribution in [2.75, 3.05) is 0 Å². The predicted molar refractivity (Wildman–Crippen MR) is 93.8 cm³/mol. The molecular formula is C17H18Cl3NO. The summed E-state index contributed by atoms with van der Waals surface area (Å²) in [6, 6.07) is 13.1. The number of hydrogen-bond acceptors (Lipinski definition) is 2. The minimum atomic E-state index is -0.929. The molecule has 0 aliphatic carbocycles. The van der Waals surface area contributed by atoms with Crippen molar-refractivity contribution in [2.45, 2.75) is 31.4 Å². The first-order valence-corrected chi connectivity index (χ1v) is 8.08. The van der Waals surface area contributed by atoms with Gasteiger partial charge in [-0.25, -0.2) is 0 Å². The highest BCUT2D eigenvalue weighted by molar-refractivity contribution is 6.42. The molecule has 0 bridgehead atoms.